The second-order valence-electron chi connectivity index (χ2n) is 5.97. The van der Waals surface area contributed by atoms with Crippen molar-refractivity contribution in [2.75, 3.05) is 19.0 Å². The SMILES string of the molecule is COc1cc(C(C)(C)C#N)ncc1NCCCC(C)C. The van der Waals surface area contributed by atoms with Gasteiger partial charge in [0.1, 0.15) is 5.75 Å². The Morgan fingerprint density at radius 1 is 1.45 bits per heavy atom. The summed E-state index contributed by atoms with van der Waals surface area (Å²) < 4.78 is 5.39. The minimum absolute atomic E-state index is 0.608. The largest absolute Gasteiger partial charge is 0.494 e. The lowest BCUT2D eigenvalue weighted by molar-refractivity contribution is 0.414. The van der Waals surface area contributed by atoms with Gasteiger partial charge >= 0.3 is 0 Å². The Hall–Kier alpha value is -1.76. The first-order chi connectivity index (χ1) is 9.40. The fraction of sp³-hybridized carbons (Fsp3) is 0.625. The Morgan fingerprint density at radius 3 is 2.70 bits per heavy atom. The van der Waals surface area contributed by atoms with Crippen LogP contribution >= 0.6 is 0 Å². The molecule has 0 aliphatic rings. The summed E-state index contributed by atoms with van der Waals surface area (Å²) in [4.78, 5) is 4.38. The first-order valence-electron chi connectivity index (χ1n) is 7.10. The molecule has 4 heteroatoms. The average Bonchev–Trinajstić information content (AvgIpc) is 2.43. The van der Waals surface area contributed by atoms with Crippen molar-refractivity contribution in [3.8, 4) is 11.8 Å². The molecule has 110 valence electrons. The van der Waals surface area contributed by atoms with Crippen LogP contribution in [0.2, 0.25) is 0 Å². The van der Waals surface area contributed by atoms with E-state index < -0.39 is 5.41 Å². The molecule has 0 radical (unpaired) electrons. The summed E-state index contributed by atoms with van der Waals surface area (Å²) >= 11 is 0. The van der Waals surface area contributed by atoms with Crippen molar-refractivity contribution in [1.82, 2.24) is 4.98 Å². The third-order valence-electron chi connectivity index (χ3n) is 3.28. The molecule has 0 amide bonds. The summed E-state index contributed by atoms with van der Waals surface area (Å²) in [5.41, 5.74) is 1.00. The lowest BCUT2D eigenvalue weighted by Gasteiger charge is -2.18. The molecular formula is C16H25N3O. The lowest BCUT2D eigenvalue weighted by Crippen LogP contribution is -2.16. The van der Waals surface area contributed by atoms with Crippen LogP contribution in [0, 0.1) is 17.2 Å². The summed E-state index contributed by atoms with van der Waals surface area (Å²) in [7, 11) is 1.64. The zero-order valence-electron chi connectivity index (χ0n) is 13.2. The summed E-state index contributed by atoms with van der Waals surface area (Å²) in [5, 5.41) is 12.5. The predicted octanol–water partition coefficient (Wildman–Crippen LogP) is 3.74. The summed E-state index contributed by atoms with van der Waals surface area (Å²) in [6, 6.07) is 4.10. The van der Waals surface area contributed by atoms with Crippen molar-refractivity contribution < 1.29 is 4.74 Å². The van der Waals surface area contributed by atoms with Gasteiger partial charge in [-0.15, -0.1) is 0 Å². The Balaban J connectivity index is 2.77. The standard InChI is InChI=1S/C16H25N3O/c1-12(2)7-6-8-18-13-10-19-15(9-14(13)20-5)16(3,4)11-17/h9-10,12,18H,6-8H2,1-5H3. The number of methoxy groups -OCH3 is 1. The van der Waals surface area contributed by atoms with Gasteiger partial charge in [0.25, 0.3) is 0 Å². The monoisotopic (exact) mass is 275 g/mol. The molecule has 0 bridgehead atoms. The number of anilines is 1. The highest BCUT2D eigenvalue weighted by atomic mass is 16.5. The summed E-state index contributed by atoms with van der Waals surface area (Å²) in [6.45, 7) is 9.05. The van der Waals surface area contributed by atoms with E-state index in [9.17, 15) is 0 Å². The van der Waals surface area contributed by atoms with Gasteiger partial charge < -0.3 is 10.1 Å². The molecule has 0 unspecified atom stereocenters. The van der Waals surface area contributed by atoms with Gasteiger partial charge in [0.05, 0.1) is 36.2 Å². The molecule has 1 aromatic rings. The van der Waals surface area contributed by atoms with E-state index in [0.29, 0.717) is 0 Å². The molecule has 0 aliphatic heterocycles. The molecule has 1 aromatic heterocycles. The number of nitrogens with zero attached hydrogens (tertiary/aromatic N) is 2. The number of pyridine rings is 1. The Labute approximate surface area is 122 Å². The molecule has 0 saturated carbocycles. The van der Waals surface area contributed by atoms with Crippen molar-refractivity contribution in [3.05, 3.63) is 18.0 Å². The van der Waals surface area contributed by atoms with Crippen molar-refractivity contribution in [2.24, 2.45) is 5.92 Å². The van der Waals surface area contributed by atoms with Crippen LogP contribution in [0.3, 0.4) is 0 Å². The maximum absolute atomic E-state index is 9.16. The predicted molar refractivity (Wildman–Crippen MR) is 82.0 cm³/mol. The highest BCUT2D eigenvalue weighted by Gasteiger charge is 2.22. The van der Waals surface area contributed by atoms with E-state index in [2.05, 4.69) is 30.2 Å². The van der Waals surface area contributed by atoms with Crippen LogP contribution < -0.4 is 10.1 Å². The first kappa shape index (κ1) is 16.3. The van der Waals surface area contributed by atoms with Crippen LogP contribution in [0.25, 0.3) is 0 Å². The van der Waals surface area contributed by atoms with Gasteiger partial charge in [0.15, 0.2) is 0 Å². The highest BCUT2D eigenvalue weighted by molar-refractivity contribution is 5.56. The van der Waals surface area contributed by atoms with Gasteiger partial charge in [-0.05, 0) is 32.6 Å². The van der Waals surface area contributed by atoms with Gasteiger partial charge in [-0.25, -0.2) is 0 Å². The Kier molecular flexibility index (Phi) is 5.82. The van der Waals surface area contributed by atoms with E-state index in [-0.39, 0.29) is 0 Å². The fourth-order valence-electron chi connectivity index (χ4n) is 1.87. The van der Waals surface area contributed by atoms with Gasteiger partial charge in [0.2, 0.25) is 0 Å². The van der Waals surface area contributed by atoms with Gasteiger partial charge in [-0.1, -0.05) is 13.8 Å². The van der Waals surface area contributed by atoms with Crippen LogP contribution in [-0.2, 0) is 5.41 Å². The van der Waals surface area contributed by atoms with Crippen LogP contribution in [-0.4, -0.2) is 18.6 Å². The minimum Gasteiger partial charge on any atom is -0.494 e. The molecule has 4 nitrogen and oxygen atoms in total. The third-order valence-corrected chi connectivity index (χ3v) is 3.28. The summed E-state index contributed by atoms with van der Waals surface area (Å²) in [6.07, 6.45) is 4.07. The Morgan fingerprint density at radius 2 is 2.15 bits per heavy atom. The van der Waals surface area contributed by atoms with Gasteiger partial charge in [-0.2, -0.15) is 5.26 Å². The molecule has 0 aromatic carbocycles. The van der Waals surface area contributed by atoms with Gasteiger partial charge in [-0.3, -0.25) is 4.98 Å². The van der Waals surface area contributed by atoms with E-state index in [0.717, 1.165) is 36.0 Å². The van der Waals surface area contributed by atoms with Crippen molar-refractivity contribution in [1.29, 1.82) is 5.26 Å². The molecule has 1 N–H and O–H groups in total. The van der Waals surface area contributed by atoms with Crippen molar-refractivity contribution in [3.63, 3.8) is 0 Å². The van der Waals surface area contributed by atoms with Crippen LogP contribution in [0.5, 0.6) is 5.75 Å². The molecule has 0 aliphatic carbocycles. The van der Waals surface area contributed by atoms with Crippen LogP contribution in [0.1, 0.15) is 46.2 Å². The zero-order valence-corrected chi connectivity index (χ0v) is 13.2. The normalized spacial score (nSPS) is 11.2. The van der Waals surface area contributed by atoms with Crippen LogP contribution in [0.4, 0.5) is 5.69 Å². The number of nitrogens with one attached hydrogen (secondary N) is 1. The highest BCUT2D eigenvalue weighted by Crippen LogP contribution is 2.29. The molecule has 0 atom stereocenters. The van der Waals surface area contributed by atoms with E-state index in [1.807, 2.05) is 19.9 Å². The maximum Gasteiger partial charge on any atom is 0.145 e. The molecule has 20 heavy (non-hydrogen) atoms. The fourth-order valence-corrected chi connectivity index (χ4v) is 1.87. The molecular weight excluding hydrogens is 250 g/mol. The second kappa shape index (κ2) is 7.14. The Bertz CT molecular complexity index is 475. The van der Waals surface area contributed by atoms with E-state index >= 15 is 0 Å². The van der Waals surface area contributed by atoms with Crippen molar-refractivity contribution in [2.45, 2.75) is 46.0 Å². The number of ether oxygens (including phenoxy) is 1. The smallest absolute Gasteiger partial charge is 0.145 e. The van der Waals surface area contributed by atoms with E-state index in [1.54, 1.807) is 13.3 Å². The van der Waals surface area contributed by atoms with Crippen molar-refractivity contribution >= 4 is 5.69 Å². The number of nitriles is 1. The molecule has 1 rings (SSSR count). The summed E-state index contributed by atoms with van der Waals surface area (Å²) in [5.74, 6) is 1.46. The number of rotatable bonds is 7. The quantitative estimate of drug-likeness (QED) is 0.770. The number of hydrogen-bond donors (Lipinski definition) is 1. The second-order valence-corrected chi connectivity index (χ2v) is 5.97. The topological polar surface area (TPSA) is 57.9 Å². The van der Waals surface area contributed by atoms with E-state index in [1.165, 1.54) is 6.42 Å². The maximum atomic E-state index is 9.16. The molecule has 0 fully saturated rings. The first-order valence-corrected chi connectivity index (χ1v) is 7.10. The molecule has 1 heterocycles. The van der Waals surface area contributed by atoms with Gasteiger partial charge in [0, 0.05) is 12.6 Å². The number of hydrogen-bond acceptors (Lipinski definition) is 4. The molecule has 0 spiro atoms. The average molecular weight is 275 g/mol. The third kappa shape index (κ3) is 4.41. The van der Waals surface area contributed by atoms with E-state index in [4.69, 9.17) is 10.00 Å². The minimum atomic E-state index is -0.608. The lowest BCUT2D eigenvalue weighted by atomic mass is 9.90. The number of aromatic nitrogens is 1. The molecule has 0 saturated heterocycles. The van der Waals surface area contributed by atoms with Crippen LogP contribution in [0.15, 0.2) is 12.3 Å². The zero-order chi connectivity index (χ0) is 15.2.